The first-order valence-electron chi connectivity index (χ1n) is 21.2. The van der Waals surface area contributed by atoms with Gasteiger partial charge >= 0.3 is 0 Å². The molecule has 2 nitrogen and oxygen atoms in total. The smallest absolute Gasteiger partial charge is 0.124 e. The SMILES string of the molecule is Sc1cc2nc(-c3ccccc3)sc2cc1-c1cccc(-c2ccc(N(c3ccc(-c4ccccc4)cc3)c3ccc(-c4cccc5ccccc45)c(-c4ccccc4)c3)cc2)c1. The van der Waals surface area contributed by atoms with E-state index in [1.165, 1.54) is 44.2 Å². The van der Waals surface area contributed by atoms with Crippen LogP contribution in [0.15, 0.2) is 241 Å². The van der Waals surface area contributed by atoms with Crippen LogP contribution >= 0.6 is 24.0 Å². The summed E-state index contributed by atoms with van der Waals surface area (Å²) in [5, 5.41) is 3.49. The van der Waals surface area contributed by atoms with Gasteiger partial charge in [0.15, 0.2) is 0 Å². The molecule has 0 saturated carbocycles. The summed E-state index contributed by atoms with van der Waals surface area (Å²) in [7, 11) is 0. The average Bonchev–Trinajstić information content (AvgIpc) is 3.78. The van der Waals surface area contributed by atoms with Crippen LogP contribution in [0.1, 0.15) is 0 Å². The number of benzene rings is 10. The second-order valence-electron chi connectivity index (χ2n) is 15.7. The lowest BCUT2D eigenvalue weighted by atomic mass is 9.90. The molecular formula is C59H40N2S2. The summed E-state index contributed by atoms with van der Waals surface area (Å²) in [6.07, 6.45) is 0. The van der Waals surface area contributed by atoms with E-state index in [0.717, 1.165) is 65.0 Å². The Balaban J connectivity index is 0.990. The van der Waals surface area contributed by atoms with Crippen molar-refractivity contribution in [2.24, 2.45) is 0 Å². The number of thiol groups is 1. The van der Waals surface area contributed by atoms with Crippen LogP contribution in [0.3, 0.4) is 0 Å². The van der Waals surface area contributed by atoms with Gasteiger partial charge in [0.05, 0.1) is 10.2 Å². The fourth-order valence-corrected chi connectivity index (χ4v) is 9.98. The van der Waals surface area contributed by atoms with Crippen molar-refractivity contribution < 1.29 is 0 Å². The van der Waals surface area contributed by atoms with E-state index in [2.05, 4.69) is 235 Å². The van der Waals surface area contributed by atoms with E-state index < -0.39 is 0 Å². The zero-order chi connectivity index (χ0) is 42.1. The minimum absolute atomic E-state index is 0.912. The molecule has 0 unspecified atom stereocenters. The molecule has 0 spiro atoms. The third kappa shape index (κ3) is 7.61. The molecule has 1 heterocycles. The van der Waals surface area contributed by atoms with Crippen molar-refractivity contribution in [1.29, 1.82) is 0 Å². The molecule has 1 aromatic heterocycles. The molecule has 11 rings (SSSR count). The average molecular weight is 841 g/mol. The summed E-state index contributed by atoms with van der Waals surface area (Å²) >= 11 is 6.69. The Labute approximate surface area is 377 Å². The number of nitrogens with zero attached hydrogens (tertiary/aromatic N) is 2. The van der Waals surface area contributed by atoms with Crippen LogP contribution in [0.25, 0.3) is 87.2 Å². The van der Waals surface area contributed by atoms with Gasteiger partial charge in [-0.05, 0) is 121 Å². The number of aromatic nitrogens is 1. The largest absolute Gasteiger partial charge is 0.310 e. The summed E-state index contributed by atoms with van der Waals surface area (Å²) in [5.41, 5.74) is 17.0. The third-order valence-corrected chi connectivity index (χ3v) is 13.3. The molecule has 0 aliphatic heterocycles. The number of anilines is 3. The highest BCUT2D eigenvalue weighted by Crippen LogP contribution is 2.44. The topological polar surface area (TPSA) is 16.1 Å². The van der Waals surface area contributed by atoms with Gasteiger partial charge in [-0.1, -0.05) is 182 Å². The van der Waals surface area contributed by atoms with Crippen LogP contribution in [-0.4, -0.2) is 4.98 Å². The van der Waals surface area contributed by atoms with Crippen molar-refractivity contribution in [3.05, 3.63) is 237 Å². The first-order chi connectivity index (χ1) is 31.1. The van der Waals surface area contributed by atoms with Crippen molar-refractivity contribution in [2.45, 2.75) is 4.90 Å². The number of hydrogen-bond acceptors (Lipinski definition) is 4. The van der Waals surface area contributed by atoms with Gasteiger partial charge in [-0.3, -0.25) is 0 Å². The van der Waals surface area contributed by atoms with E-state index in [-0.39, 0.29) is 0 Å². The fraction of sp³-hybridized carbons (Fsp3) is 0. The van der Waals surface area contributed by atoms with Crippen LogP contribution in [0.2, 0.25) is 0 Å². The Morgan fingerprint density at radius 1 is 0.349 bits per heavy atom. The summed E-state index contributed by atoms with van der Waals surface area (Å²) in [5.74, 6) is 0. The molecule has 11 aromatic rings. The normalized spacial score (nSPS) is 11.3. The minimum Gasteiger partial charge on any atom is -0.310 e. The van der Waals surface area contributed by atoms with E-state index in [0.29, 0.717) is 0 Å². The van der Waals surface area contributed by atoms with Crippen molar-refractivity contribution in [2.75, 3.05) is 4.90 Å². The summed E-state index contributed by atoms with van der Waals surface area (Å²) < 4.78 is 1.15. The van der Waals surface area contributed by atoms with Gasteiger partial charge in [0.2, 0.25) is 0 Å². The number of fused-ring (bicyclic) bond motifs is 2. The molecule has 4 heteroatoms. The third-order valence-electron chi connectivity index (χ3n) is 11.8. The fourth-order valence-electron chi connectivity index (χ4n) is 8.67. The lowest BCUT2D eigenvalue weighted by Crippen LogP contribution is -2.10. The monoisotopic (exact) mass is 840 g/mol. The van der Waals surface area contributed by atoms with Gasteiger partial charge in [-0.15, -0.1) is 24.0 Å². The van der Waals surface area contributed by atoms with Gasteiger partial charge in [0.25, 0.3) is 0 Å². The number of rotatable bonds is 9. The molecule has 0 fully saturated rings. The molecule has 0 aliphatic rings. The molecular weight excluding hydrogens is 801 g/mol. The van der Waals surface area contributed by atoms with E-state index >= 15 is 0 Å². The Hall–Kier alpha value is -7.50. The lowest BCUT2D eigenvalue weighted by Gasteiger charge is -2.27. The zero-order valence-corrected chi connectivity index (χ0v) is 36.0. The van der Waals surface area contributed by atoms with E-state index in [1.54, 1.807) is 11.3 Å². The van der Waals surface area contributed by atoms with Crippen LogP contribution < -0.4 is 4.90 Å². The standard InChI is InChI=1S/C59H40N2S2/c62-57-39-56-58(63-59(60-56)45-19-8-3-9-20-45)38-55(57)47-23-12-22-46(36-47)42-28-32-49(33-29-42)61(48-30-26-41(27-31-48)40-14-4-1-5-15-40)50-34-35-53(54(37-50)44-16-6-2-7-17-44)52-25-13-21-43-18-10-11-24-51(43)52/h1-39,62H. The summed E-state index contributed by atoms with van der Waals surface area (Å²) in [6, 6.07) is 84.9. The quantitative estimate of drug-likeness (QED) is 0.146. The molecule has 0 atom stereocenters. The van der Waals surface area contributed by atoms with E-state index in [9.17, 15) is 0 Å². The first-order valence-corrected chi connectivity index (χ1v) is 22.4. The maximum Gasteiger partial charge on any atom is 0.124 e. The minimum atomic E-state index is 0.912. The van der Waals surface area contributed by atoms with Gasteiger partial charge in [0, 0.05) is 27.5 Å². The summed E-state index contributed by atoms with van der Waals surface area (Å²) in [4.78, 5) is 8.23. The molecule has 63 heavy (non-hydrogen) atoms. The van der Waals surface area contributed by atoms with Gasteiger partial charge in [0.1, 0.15) is 5.01 Å². The van der Waals surface area contributed by atoms with Crippen molar-refractivity contribution in [1.82, 2.24) is 4.98 Å². The molecule has 0 N–H and O–H groups in total. The van der Waals surface area contributed by atoms with Crippen LogP contribution in [0.5, 0.6) is 0 Å². The maximum atomic E-state index is 4.97. The second-order valence-corrected chi connectivity index (χ2v) is 17.2. The van der Waals surface area contributed by atoms with E-state index in [4.69, 9.17) is 17.6 Å². The number of hydrogen-bond donors (Lipinski definition) is 1. The molecule has 0 radical (unpaired) electrons. The Kier molecular flexibility index (Phi) is 10.2. The lowest BCUT2D eigenvalue weighted by molar-refractivity contribution is 1.28. The van der Waals surface area contributed by atoms with Gasteiger partial charge in [-0.25, -0.2) is 4.98 Å². The molecule has 298 valence electrons. The maximum absolute atomic E-state index is 4.97. The molecule has 0 aliphatic carbocycles. The van der Waals surface area contributed by atoms with Crippen molar-refractivity contribution >= 4 is 62.0 Å². The molecule has 0 saturated heterocycles. The van der Waals surface area contributed by atoms with E-state index in [1.807, 2.05) is 6.07 Å². The van der Waals surface area contributed by atoms with Gasteiger partial charge in [-0.2, -0.15) is 0 Å². The predicted octanol–water partition coefficient (Wildman–Crippen LogP) is 17.2. The van der Waals surface area contributed by atoms with Gasteiger partial charge < -0.3 is 4.90 Å². The summed E-state index contributed by atoms with van der Waals surface area (Å²) in [6.45, 7) is 0. The predicted molar refractivity (Wildman–Crippen MR) is 272 cm³/mol. The van der Waals surface area contributed by atoms with Crippen LogP contribution in [-0.2, 0) is 0 Å². The first kappa shape index (κ1) is 38.4. The van der Waals surface area contributed by atoms with Crippen molar-refractivity contribution in [3.63, 3.8) is 0 Å². The Bertz CT molecular complexity index is 3370. The van der Waals surface area contributed by atoms with Crippen LogP contribution in [0, 0.1) is 0 Å². The highest BCUT2D eigenvalue weighted by atomic mass is 32.1. The Morgan fingerprint density at radius 3 is 1.60 bits per heavy atom. The van der Waals surface area contributed by atoms with Crippen LogP contribution in [0.4, 0.5) is 17.1 Å². The Morgan fingerprint density at radius 2 is 0.889 bits per heavy atom. The van der Waals surface area contributed by atoms with Crippen molar-refractivity contribution in [3.8, 4) is 66.2 Å². The highest BCUT2D eigenvalue weighted by molar-refractivity contribution is 7.80. The molecule has 0 amide bonds. The highest BCUT2D eigenvalue weighted by Gasteiger charge is 2.19. The number of thiazole rings is 1. The second kappa shape index (κ2) is 16.8. The molecule has 0 bridgehead atoms. The zero-order valence-electron chi connectivity index (χ0n) is 34.3. The molecule has 10 aromatic carbocycles.